The topological polar surface area (TPSA) is 371 Å². The first-order valence-corrected chi connectivity index (χ1v) is 24.8. The van der Waals surface area contributed by atoms with Gasteiger partial charge in [-0.2, -0.15) is 0 Å². The number of carbonyl (C=O) groups excluding carboxylic acids is 6. The number of amides is 6. The first-order chi connectivity index (χ1) is 30.1. The third-order valence-electron chi connectivity index (χ3n) is 8.51. The number of hydrogen-bond donors (Lipinski definition) is 14. The van der Waals surface area contributed by atoms with Gasteiger partial charge in [0, 0.05) is 46.5 Å². The van der Waals surface area contributed by atoms with Crippen LogP contribution < -0.4 is 16.0 Å². The number of carbonyl (C=O) groups is 6. The number of anilines is 2. The summed E-state index contributed by atoms with van der Waals surface area (Å²) >= 11 is 10.1. The quantitative estimate of drug-likeness (QED) is 0.0311. The predicted octanol–water partition coefficient (Wildman–Crippen LogP) is -1.88. The molecule has 6 amide bonds. The van der Waals surface area contributed by atoms with Crippen LogP contribution in [0, 0.1) is 21.4 Å². The van der Waals surface area contributed by atoms with Gasteiger partial charge in [0.2, 0.25) is 11.8 Å². The van der Waals surface area contributed by atoms with Crippen molar-refractivity contribution in [3.05, 3.63) is 43.7 Å². The Bertz CT molecular complexity index is 2040. The normalized spacial score (nSPS) is 13.1. The summed E-state index contributed by atoms with van der Waals surface area (Å²) in [5.74, 6) is -5.77. The van der Waals surface area contributed by atoms with Gasteiger partial charge in [-0.05, 0) is 142 Å². The summed E-state index contributed by atoms with van der Waals surface area (Å²) in [5.41, 5.74) is -1.26. The molecule has 4 unspecified atom stereocenters. The summed E-state index contributed by atoms with van der Waals surface area (Å²) in [6.45, 7) is -8.40. The van der Waals surface area contributed by atoms with Crippen LogP contribution in [0.25, 0.3) is 0 Å². The molecule has 64 heavy (non-hydrogen) atoms. The first-order valence-electron chi connectivity index (χ1n) is 18.3. The molecule has 14 N–H and O–H groups in total. The van der Waals surface area contributed by atoms with E-state index in [1.54, 1.807) is 136 Å². The zero-order valence-electron chi connectivity index (χ0n) is 33.0. The van der Waals surface area contributed by atoms with Crippen LogP contribution in [0.15, 0.2) is 0 Å². The number of halogens is 6. The molecule has 0 fully saturated rings. The maximum absolute atomic E-state index is 14.6. The Morgan fingerprint density at radius 1 is 0.500 bits per heavy atom. The Balaban J connectivity index is 2.82. The fourth-order valence-electron chi connectivity index (χ4n) is 5.47. The molecule has 0 spiro atoms. The first kappa shape index (κ1) is 59.3. The Hall–Kier alpha value is -0.800. The summed E-state index contributed by atoms with van der Waals surface area (Å²) in [6, 6.07) is 0. The van der Waals surface area contributed by atoms with Crippen LogP contribution in [0.5, 0.6) is 0 Å². The molecule has 29 heteroatoms. The Labute approximate surface area is 446 Å². The van der Waals surface area contributed by atoms with Gasteiger partial charge >= 0.3 is 0 Å². The van der Waals surface area contributed by atoms with E-state index >= 15 is 0 Å². The number of aliphatic hydroxyl groups excluding tert-OH is 10. The highest BCUT2D eigenvalue weighted by molar-refractivity contribution is 14.1. The highest BCUT2D eigenvalue weighted by Gasteiger charge is 2.36. The monoisotopic (exact) mass is 1580 g/mol. The van der Waals surface area contributed by atoms with Crippen molar-refractivity contribution in [2.75, 3.05) is 89.5 Å². The van der Waals surface area contributed by atoms with E-state index in [-0.39, 0.29) is 79.7 Å². The van der Waals surface area contributed by atoms with E-state index in [1.165, 1.54) is 0 Å². The molecule has 0 aliphatic heterocycles. The molecule has 0 saturated carbocycles. The zero-order chi connectivity index (χ0) is 48.7. The highest BCUT2D eigenvalue weighted by Crippen LogP contribution is 2.38. The third kappa shape index (κ3) is 15.9. The van der Waals surface area contributed by atoms with Crippen LogP contribution in [0.1, 0.15) is 47.9 Å². The molecule has 0 saturated heterocycles. The van der Waals surface area contributed by atoms with Crippen molar-refractivity contribution in [2.45, 2.75) is 30.8 Å². The number of hydroxylamine groups is 2. The summed E-state index contributed by atoms with van der Waals surface area (Å²) < 4.78 is 0.0724. The van der Waals surface area contributed by atoms with Gasteiger partial charge in [0.15, 0.2) is 0 Å². The second kappa shape index (κ2) is 28.6. The molecule has 0 aliphatic rings. The van der Waals surface area contributed by atoms with E-state index in [0.29, 0.717) is 0 Å². The molecule has 2 aromatic carbocycles. The van der Waals surface area contributed by atoms with Crippen LogP contribution in [0.4, 0.5) is 11.4 Å². The fraction of sp³-hybridized carbons (Fsp3) is 0.486. The van der Waals surface area contributed by atoms with Crippen molar-refractivity contribution < 1.29 is 85.0 Å². The second-order valence-corrected chi connectivity index (χ2v) is 19.8. The predicted molar refractivity (Wildman–Crippen MR) is 275 cm³/mol. The average Bonchev–Trinajstić information content (AvgIpc) is 3.26. The molecule has 358 valence electrons. The molecule has 0 bridgehead atoms. The lowest BCUT2D eigenvalue weighted by molar-refractivity contribution is -0.119. The van der Waals surface area contributed by atoms with Crippen LogP contribution in [0.3, 0.4) is 0 Å². The van der Waals surface area contributed by atoms with Crippen LogP contribution in [-0.4, -0.2) is 210 Å². The van der Waals surface area contributed by atoms with Crippen molar-refractivity contribution in [3.8, 4) is 0 Å². The Kier molecular flexibility index (Phi) is 26.5. The summed E-state index contributed by atoms with van der Waals surface area (Å²) in [6.07, 6.45) is -6.42. The lowest BCUT2D eigenvalue weighted by Crippen LogP contribution is -2.49. The largest absolute Gasteiger partial charge is 0.396 e. The lowest BCUT2D eigenvalue weighted by Gasteiger charge is -2.32. The number of aliphatic hydroxyl groups is 10. The van der Waals surface area contributed by atoms with Crippen molar-refractivity contribution in [1.29, 1.82) is 0 Å². The Morgan fingerprint density at radius 3 is 1.23 bits per heavy atom. The molecular weight excluding hydrogens is 1540 g/mol. The van der Waals surface area contributed by atoms with Gasteiger partial charge in [0.25, 0.3) is 23.6 Å². The Morgan fingerprint density at radius 2 is 0.859 bits per heavy atom. The number of hydrogen-bond acceptors (Lipinski definition) is 17. The van der Waals surface area contributed by atoms with Crippen molar-refractivity contribution in [2.24, 2.45) is 0 Å². The number of nitrogens with one attached hydrogen (secondary N) is 3. The van der Waals surface area contributed by atoms with Gasteiger partial charge < -0.3 is 76.8 Å². The fourth-order valence-corrected chi connectivity index (χ4v) is 14.2. The van der Waals surface area contributed by atoms with E-state index in [1.807, 2.05) is 0 Å². The van der Waals surface area contributed by atoms with Crippen LogP contribution >= 0.6 is 136 Å². The minimum Gasteiger partial charge on any atom is -0.396 e. The van der Waals surface area contributed by atoms with Crippen molar-refractivity contribution in [3.63, 3.8) is 0 Å². The molecule has 4 atom stereocenters. The molecule has 0 aliphatic carbocycles. The standard InChI is InChI=1S/C35H44I6N6O17/c36-24-20(32(60)42-4-14(54)9-49)26(38)30(43-18(58)12-52)27(39)21(24)33(61)45(7-16(56)10-50)5-15(55)6-46(8-17(57)11-51)34(62)22-25(37)23(35(63)47(64)2-1-3-48)29(41)31(28(22)40)44-19(59)13-53/h14-17,48-57,64H,1-13H2,(H,42,60)(H,43,58)(H,44,59). The number of benzene rings is 2. The highest BCUT2D eigenvalue weighted by atomic mass is 127. The van der Waals surface area contributed by atoms with Crippen LogP contribution in [-0.2, 0) is 9.59 Å². The van der Waals surface area contributed by atoms with Crippen molar-refractivity contribution >= 4 is 182 Å². The van der Waals surface area contributed by atoms with E-state index < -0.39 is 126 Å². The number of rotatable bonds is 24. The van der Waals surface area contributed by atoms with Gasteiger partial charge in [-0.25, -0.2) is 5.06 Å². The molecule has 2 aromatic rings. The minimum atomic E-state index is -1.78. The smallest absolute Gasteiger partial charge is 0.279 e. The minimum absolute atomic E-state index is 0.00751. The summed E-state index contributed by atoms with van der Waals surface area (Å²) in [7, 11) is 0. The van der Waals surface area contributed by atoms with E-state index in [9.17, 15) is 85.0 Å². The summed E-state index contributed by atoms with van der Waals surface area (Å²) in [4.78, 5) is 82.9. The molecule has 2 rings (SSSR count). The van der Waals surface area contributed by atoms with Gasteiger partial charge in [0.1, 0.15) is 13.2 Å². The van der Waals surface area contributed by atoms with E-state index in [0.717, 1.165) is 9.80 Å². The number of nitrogens with zero attached hydrogens (tertiary/aromatic N) is 3. The van der Waals surface area contributed by atoms with Gasteiger partial charge in [-0.15, -0.1) is 0 Å². The molecule has 0 heterocycles. The molecule has 23 nitrogen and oxygen atoms in total. The molecule has 0 aromatic heterocycles. The van der Waals surface area contributed by atoms with E-state index in [2.05, 4.69) is 16.0 Å². The molecule has 0 radical (unpaired) electrons. The van der Waals surface area contributed by atoms with Gasteiger partial charge in [0.05, 0.1) is 98.7 Å². The van der Waals surface area contributed by atoms with Gasteiger partial charge in [-0.1, -0.05) is 0 Å². The van der Waals surface area contributed by atoms with Gasteiger partial charge in [-0.3, -0.25) is 34.0 Å². The maximum Gasteiger partial charge on any atom is 0.279 e. The second-order valence-electron chi connectivity index (χ2n) is 13.3. The lowest BCUT2D eigenvalue weighted by atomic mass is 10.1. The maximum atomic E-state index is 14.6. The van der Waals surface area contributed by atoms with E-state index in [4.69, 9.17) is 0 Å². The van der Waals surface area contributed by atoms with Crippen LogP contribution in [0.2, 0.25) is 0 Å². The summed E-state index contributed by atoms with van der Waals surface area (Å²) in [5, 5.41) is 118. The molecular formula is C35H44I6N6O17. The zero-order valence-corrected chi connectivity index (χ0v) is 45.9. The third-order valence-corrected chi connectivity index (χ3v) is 15.0. The average molecular weight is 1580 g/mol. The van der Waals surface area contributed by atoms with Crippen molar-refractivity contribution in [1.82, 2.24) is 20.2 Å². The SMILES string of the molecule is O=C(CO)Nc1c(I)c(C(=O)NCC(O)CO)c(I)c(C(=O)N(CC(O)CO)CC(O)CN(CC(O)CO)C(=O)c2c(I)c(NC(=O)CO)c(I)c(C(=O)N(O)CCCO)c2I)c1I.